The average molecular weight is 343 g/mol. The molecule has 2 aliphatic carbocycles. The van der Waals surface area contributed by atoms with Crippen molar-refractivity contribution in [3.8, 4) is 0 Å². The van der Waals surface area contributed by atoms with E-state index in [2.05, 4.69) is 34.5 Å². The number of nitrogens with zero attached hydrogens (tertiary/aromatic N) is 1. The SMILES string of the molecule is CC(=O)N[C@H]1CC2(CCN(CC3CCCCC3)CC2)c2ccccc21.[HH]. The van der Waals surface area contributed by atoms with Gasteiger partial charge in [-0.1, -0.05) is 43.5 Å². The molecule has 0 radical (unpaired) electrons. The van der Waals surface area contributed by atoms with Crippen LogP contribution in [0.4, 0.5) is 0 Å². The summed E-state index contributed by atoms with van der Waals surface area (Å²) < 4.78 is 0. The average Bonchev–Trinajstić information content (AvgIpc) is 2.91. The molecule has 3 nitrogen and oxygen atoms in total. The Morgan fingerprint density at radius 3 is 2.64 bits per heavy atom. The van der Waals surface area contributed by atoms with Gasteiger partial charge in [-0.15, -0.1) is 0 Å². The van der Waals surface area contributed by atoms with Crippen LogP contribution in [0.5, 0.6) is 0 Å². The van der Waals surface area contributed by atoms with Crippen LogP contribution in [0.1, 0.15) is 76.9 Å². The van der Waals surface area contributed by atoms with Gasteiger partial charge in [0.25, 0.3) is 0 Å². The summed E-state index contributed by atoms with van der Waals surface area (Å²) in [6, 6.07) is 9.03. The highest BCUT2D eigenvalue weighted by Gasteiger charge is 2.45. The van der Waals surface area contributed by atoms with E-state index in [0.717, 1.165) is 12.3 Å². The minimum absolute atomic E-state index is 0. The van der Waals surface area contributed by atoms with Crippen molar-refractivity contribution >= 4 is 5.91 Å². The highest BCUT2D eigenvalue weighted by molar-refractivity contribution is 5.73. The van der Waals surface area contributed by atoms with Gasteiger partial charge in [-0.3, -0.25) is 4.79 Å². The summed E-state index contributed by atoms with van der Waals surface area (Å²) in [6.07, 6.45) is 10.8. The number of fused-ring (bicyclic) bond motifs is 2. The molecule has 3 heteroatoms. The third-order valence-corrected chi connectivity index (χ3v) is 6.93. The lowest BCUT2D eigenvalue weighted by Crippen LogP contribution is -2.44. The number of nitrogens with one attached hydrogen (secondary N) is 1. The molecule has 1 saturated heterocycles. The molecule has 1 heterocycles. The van der Waals surface area contributed by atoms with Crippen LogP contribution in [0.25, 0.3) is 0 Å². The van der Waals surface area contributed by atoms with Crippen molar-refractivity contribution in [2.24, 2.45) is 5.92 Å². The summed E-state index contributed by atoms with van der Waals surface area (Å²) in [4.78, 5) is 14.4. The Hall–Kier alpha value is -1.35. The Morgan fingerprint density at radius 2 is 1.92 bits per heavy atom. The van der Waals surface area contributed by atoms with Crippen LogP contribution < -0.4 is 5.32 Å². The van der Waals surface area contributed by atoms with E-state index in [-0.39, 0.29) is 18.8 Å². The molecular formula is C22H34N2O. The lowest BCUT2D eigenvalue weighted by atomic mass is 9.73. The molecule has 25 heavy (non-hydrogen) atoms. The summed E-state index contributed by atoms with van der Waals surface area (Å²) in [5.74, 6) is 1.03. The van der Waals surface area contributed by atoms with Crippen LogP contribution in [-0.2, 0) is 10.2 Å². The first-order valence-electron chi connectivity index (χ1n) is 10.3. The van der Waals surface area contributed by atoms with Crippen molar-refractivity contribution in [2.45, 2.75) is 69.7 Å². The van der Waals surface area contributed by atoms with E-state index in [4.69, 9.17) is 0 Å². The van der Waals surface area contributed by atoms with Gasteiger partial charge < -0.3 is 10.2 Å². The van der Waals surface area contributed by atoms with Crippen molar-refractivity contribution in [3.05, 3.63) is 35.4 Å². The predicted octanol–water partition coefficient (Wildman–Crippen LogP) is 4.43. The van der Waals surface area contributed by atoms with Gasteiger partial charge >= 0.3 is 0 Å². The normalized spacial score (nSPS) is 26.5. The highest BCUT2D eigenvalue weighted by Crippen LogP contribution is 2.50. The van der Waals surface area contributed by atoms with Crippen molar-refractivity contribution in [2.75, 3.05) is 19.6 Å². The topological polar surface area (TPSA) is 32.3 Å². The molecule has 1 N–H and O–H groups in total. The first-order chi connectivity index (χ1) is 12.2. The molecule has 1 aliphatic heterocycles. The van der Waals surface area contributed by atoms with Gasteiger partial charge in [0, 0.05) is 20.3 Å². The molecular weight excluding hydrogens is 308 g/mol. The molecule has 1 atom stereocenters. The number of piperidine rings is 1. The number of amides is 1. The van der Waals surface area contributed by atoms with Gasteiger partial charge in [-0.05, 0) is 62.2 Å². The first-order valence-corrected chi connectivity index (χ1v) is 10.3. The summed E-state index contributed by atoms with van der Waals surface area (Å²) in [7, 11) is 0. The first kappa shape index (κ1) is 17.1. The van der Waals surface area contributed by atoms with Crippen molar-refractivity contribution < 1.29 is 6.22 Å². The minimum atomic E-state index is 0. The van der Waals surface area contributed by atoms with E-state index in [1.54, 1.807) is 6.92 Å². The zero-order valence-electron chi connectivity index (χ0n) is 15.6. The second-order valence-corrected chi connectivity index (χ2v) is 8.63. The fourth-order valence-corrected chi connectivity index (χ4v) is 5.64. The van der Waals surface area contributed by atoms with E-state index in [9.17, 15) is 4.79 Å². The van der Waals surface area contributed by atoms with Gasteiger partial charge in [0.2, 0.25) is 5.91 Å². The summed E-state index contributed by atoms with van der Waals surface area (Å²) >= 11 is 0. The molecule has 1 aromatic carbocycles. The molecule has 0 unspecified atom stereocenters. The maximum Gasteiger partial charge on any atom is 0.217 e. The van der Waals surface area contributed by atoms with Gasteiger partial charge in [-0.2, -0.15) is 0 Å². The van der Waals surface area contributed by atoms with Crippen molar-refractivity contribution in [1.29, 1.82) is 0 Å². The molecule has 0 aromatic heterocycles. The molecule has 4 rings (SSSR count). The Labute approximate surface area is 153 Å². The summed E-state index contributed by atoms with van der Waals surface area (Å²) in [5.41, 5.74) is 3.15. The zero-order valence-corrected chi connectivity index (χ0v) is 15.6. The van der Waals surface area contributed by atoms with E-state index in [1.807, 2.05) is 0 Å². The van der Waals surface area contributed by atoms with Gasteiger partial charge in [0.1, 0.15) is 0 Å². The second kappa shape index (κ2) is 7.11. The molecule has 1 aromatic rings. The Bertz CT molecular complexity index is 618. The van der Waals surface area contributed by atoms with Crippen LogP contribution in [0.2, 0.25) is 0 Å². The molecule has 1 spiro atoms. The molecule has 1 amide bonds. The van der Waals surface area contributed by atoms with Crippen LogP contribution >= 0.6 is 0 Å². The maximum atomic E-state index is 11.6. The Morgan fingerprint density at radius 1 is 1.20 bits per heavy atom. The quantitative estimate of drug-likeness (QED) is 0.881. The fourth-order valence-electron chi connectivity index (χ4n) is 5.64. The van der Waals surface area contributed by atoms with Gasteiger partial charge in [0.05, 0.1) is 6.04 Å². The third-order valence-electron chi connectivity index (χ3n) is 6.93. The maximum absolute atomic E-state index is 11.6. The number of rotatable bonds is 3. The second-order valence-electron chi connectivity index (χ2n) is 8.63. The van der Waals surface area contributed by atoms with E-state index in [0.29, 0.717) is 0 Å². The number of carbonyl (C=O) groups excluding carboxylic acids is 1. The molecule has 138 valence electrons. The van der Waals surface area contributed by atoms with Crippen LogP contribution in [-0.4, -0.2) is 30.4 Å². The largest absolute Gasteiger partial charge is 0.349 e. The standard InChI is InChI=1S/C22H32N2O.H2/c1-17(25)23-21-15-22(20-10-6-5-9-19(20)21)11-13-24(14-12-22)16-18-7-3-2-4-8-18;/h5-6,9-10,18,21H,2-4,7-8,11-16H2,1H3,(H,23,25);1H/t21-;/m0./s1. The number of hydrogen-bond acceptors (Lipinski definition) is 2. The third kappa shape index (κ3) is 3.48. The Balaban J connectivity index is 0.00000196. The number of carbonyl (C=O) groups is 1. The number of benzene rings is 1. The predicted molar refractivity (Wildman–Crippen MR) is 104 cm³/mol. The molecule has 1 saturated carbocycles. The monoisotopic (exact) mass is 342 g/mol. The number of hydrogen-bond donors (Lipinski definition) is 1. The van der Waals surface area contributed by atoms with E-state index in [1.165, 1.54) is 75.7 Å². The van der Waals surface area contributed by atoms with Crippen molar-refractivity contribution in [3.63, 3.8) is 0 Å². The fraction of sp³-hybridized carbons (Fsp3) is 0.682. The van der Waals surface area contributed by atoms with E-state index < -0.39 is 0 Å². The van der Waals surface area contributed by atoms with Crippen LogP contribution in [0.15, 0.2) is 24.3 Å². The smallest absolute Gasteiger partial charge is 0.217 e. The van der Waals surface area contributed by atoms with Crippen molar-refractivity contribution in [1.82, 2.24) is 10.2 Å². The molecule has 3 aliphatic rings. The minimum Gasteiger partial charge on any atom is -0.349 e. The van der Waals surface area contributed by atoms with Crippen LogP contribution in [0.3, 0.4) is 0 Å². The summed E-state index contributed by atoms with van der Waals surface area (Å²) in [5, 5.41) is 3.19. The highest BCUT2D eigenvalue weighted by atomic mass is 16.1. The number of likely N-dealkylation sites (tertiary alicyclic amines) is 1. The molecule has 0 bridgehead atoms. The zero-order chi connectivity index (χ0) is 17.3. The van der Waals surface area contributed by atoms with Gasteiger partial charge in [0.15, 0.2) is 0 Å². The lowest BCUT2D eigenvalue weighted by Gasteiger charge is -2.42. The van der Waals surface area contributed by atoms with Gasteiger partial charge in [-0.25, -0.2) is 0 Å². The Kier molecular flexibility index (Phi) is 4.86. The van der Waals surface area contributed by atoms with Crippen LogP contribution in [0, 0.1) is 5.92 Å². The molecule has 2 fully saturated rings. The lowest BCUT2D eigenvalue weighted by molar-refractivity contribution is -0.119. The summed E-state index contributed by atoms with van der Waals surface area (Å²) in [6.45, 7) is 5.39. The van der Waals surface area contributed by atoms with E-state index >= 15 is 0 Å².